The van der Waals surface area contributed by atoms with Crippen LogP contribution in [0.5, 0.6) is 0 Å². The largest absolute Gasteiger partial charge is 0.423 e. The van der Waals surface area contributed by atoms with Crippen LogP contribution in [0.2, 0.25) is 0 Å². The van der Waals surface area contributed by atoms with Crippen LogP contribution in [-0.2, 0) is 9.53 Å². The summed E-state index contributed by atoms with van der Waals surface area (Å²) in [5.74, 6) is 0.631. The van der Waals surface area contributed by atoms with Gasteiger partial charge >= 0.3 is 6.47 Å². The van der Waals surface area contributed by atoms with Crippen LogP contribution >= 0.6 is 0 Å². The summed E-state index contributed by atoms with van der Waals surface area (Å²) in [7, 11) is 0. The van der Waals surface area contributed by atoms with Gasteiger partial charge in [-0.25, -0.2) is 4.79 Å². The van der Waals surface area contributed by atoms with Gasteiger partial charge in [-0.05, 0) is 19.4 Å². The molecule has 0 N–H and O–H groups in total. The van der Waals surface area contributed by atoms with Crippen molar-refractivity contribution in [3.63, 3.8) is 0 Å². The maximum atomic E-state index is 9.59. The Labute approximate surface area is 55.5 Å². The molecule has 0 aliphatic rings. The molecule has 0 aliphatic carbocycles. The predicted octanol–water partition coefficient (Wildman–Crippen LogP) is 1.77. The van der Waals surface area contributed by atoms with E-state index >= 15 is 0 Å². The number of carbonyl (C=O) groups excluding carboxylic acids is 1. The van der Waals surface area contributed by atoms with Gasteiger partial charge in [-0.1, -0.05) is 13.3 Å². The second-order valence-corrected chi connectivity index (χ2v) is 1.79. The molecule has 0 rings (SSSR count). The first-order valence-electron chi connectivity index (χ1n) is 3.02. The zero-order valence-electron chi connectivity index (χ0n) is 5.81. The Kier molecular flexibility index (Phi) is 4.88. The normalized spacial score (nSPS) is 11.1. The van der Waals surface area contributed by atoms with Crippen LogP contribution in [-0.4, -0.2) is 6.47 Å². The van der Waals surface area contributed by atoms with Crippen LogP contribution in [0.3, 0.4) is 0 Å². The van der Waals surface area contributed by atoms with E-state index in [1.807, 2.05) is 6.08 Å². The molecule has 0 bridgehead atoms. The van der Waals surface area contributed by atoms with E-state index in [4.69, 9.17) is 0 Å². The van der Waals surface area contributed by atoms with Crippen molar-refractivity contribution >= 4 is 6.47 Å². The Morgan fingerprint density at radius 2 is 2.44 bits per heavy atom. The fourth-order valence-corrected chi connectivity index (χ4v) is 0.455. The van der Waals surface area contributed by atoms with Crippen LogP contribution in [0.4, 0.5) is 0 Å². The second kappa shape index (κ2) is 5.35. The minimum atomic E-state index is 0.631. The highest BCUT2D eigenvalue weighted by Crippen LogP contribution is 1.97. The molecule has 0 fully saturated rings. The minimum absolute atomic E-state index is 0.631. The van der Waals surface area contributed by atoms with Crippen molar-refractivity contribution in [2.45, 2.75) is 26.7 Å². The van der Waals surface area contributed by atoms with Crippen molar-refractivity contribution in [3.8, 4) is 0 Å². The summed E-state index contributed by atoms with van der Waals surface area (Å²) in [6.07, 6.45) is 3.89. The molecule has 0 unspecified atom stereocenters. The van der Waals surface area contributed by atoms with E-state index in [0.717, 1.165) is 12.8 Å². The number of allylic oxidation sites excluding steroid dienone is 2. The summed E-state index contributed by atoms with van der Waals surface area (Å²) in [4.78, 5) is 9.59. The molecule has 2 nitrogen and oxygen atoms in total. The molecule has 0 amide bonds. The Morgan fingerprint density at radius 3 is 2.89 bits per heavy atom. The lowest BCUT2D eigenvalue weighted by Gasteiger charge is -1.92. The fraction of sp³-hybridized carbons (Fsp3) is 0.571. The Hall–Kier alpha value is -0.790. The Bertz CT molecular complexity index is 105. The van der Waals surface area contributed by atoms with Gasteiger partial charge in [-0.3, -0.25) is 0 Å². The molecular weight excluding hydrogens is 116 g/mol. The van der Waals surface area contributed by atoms with Gasteiger partial charge in [0.05, 0.1) is 0 Å². The third-order valence-corrected chi connectivity index (χ3v) is 0.923. The van der Waals surface area contributed by atoms with Crippen LogP contribution in [0.15, 0.2) is 11.8 Å². The average molecular weight is 127 g/mol. The lowest BCUT2D eigenvalue weighted by molar-refractivity contribution is 0.362. The minimum Gasteiger partial charge on any atom is -0.423 e. The summed E-state index contributed by atoms with van der Waals surface area (Å²) in [5.41, 5.74) is 0. The van der Waals surface area contributed by atoms with Gasteiger partial charge in [0.25, 0.3) is 0 Å². The standard InChI is InChI=1S/C7H11O2/c1-3-4-5-7(2)9-6-8/h5H,3-4H2,1-2H3/b7-5+. The van der Waals surface area contributed by atoms with Crippen molar-refractivity contribution in [1.82, 2.24) is 0 Å². The lowest BCUT2D eigenvalue weighted by Crippen LogP contribution is -1.82. The Morgan fingerprint density at radius 1 is 1.78 bits per heavy atom. The first kappa shape index (κ1) is 8.21. The Balaban J connectivity index is 3.42. The van der Waals surface area contributed by atoms with Crippen LogP contribution in [0, 0.1) is 0 Å². The van der Waals surface area contributed by atoms with Gasteiger partial charge in [0.15, 0.2) is 0 Å². The molecule has 0 heterocycles. The summed E-state index contributed by atoms with van der Waals surface area (Å²) in [5, 5.41) is 0. The molecule has 0 saturated heterocycles. The molecule has 0 aliphatic heterocycles. The molecule has 0 spiro atoms. The summed E-state index contributed by atoms with van der Waals surface area (Å²) >= 11 is 0. The van der Waals surface area contributed by atoms with Crippen molar-refractivity contribution in [2.24, 2.45) is 0 Å². The number of hydrogen-bond donors (Lipinski definition) is 0. The molecule has 51 valence electrons. The quantitative estimate of drug-likeness (QED) is 0.538. The molecule has 0 saturated carbocycles. The van der Waals surface area contributed by atoms with Crippen molar-refractivity contribution in [1.29, 1.82) is 0 Å². The highest BCUT2D eigenvalue weighted by molar-refractivity contribution is 5.40. The van der Waals surface area contributed by atoms with E-state index in [1.54, 1.807) is 6.92 Å². The molecule has 0 aromatic carbocycles. The molecule has 2 heteroatoms. The van der Waals surface area contributed by atoms with E-state index in [2.05, 4.69) is 11.7 Å². The summed E-state index contributed by atoms with van der Waals surface area (Å²) in [6, 6.07) is 0. The van der Waals surface area contributed by atoms with Crippen LogP contribution in [0.1, 0.15) is 26.7 Å². The number of hydrogen-bond acceptors (Lipinski definition) is 2. The van der Waals surface area contributed by atoms with Crippen LogP contribution < -0.4 is 0 Å². The predicted molar refractivity (Wildman–Crippen MR) is 35.4 cm³/mol. The maximum Gasteiger partial charge on any atom is 0.422 e. The van der Waals surface area contributed by atoms with E-state index in [1.165, 1.54) is 6.47 Å². The second-order valence-electron chi connectivity index (χ2n) is 1.79. The van der Waals surface area contributed by atoms with Crippen molar-refractivity contribution < 1.29 is 9.53 Å². The highest BCUT2D eigenvalue weighted by Gasteiger charge is 1.85. The summed E-state index contributed by atoms with van der Waals surface area (Å²) < 4.78 is 4.40. The maximum absolute atomic E-state index is 9.59. The molecule has 0 aromatic heterocycles. The van der Waals surface area contributed by atoms with E-state index in [0.29, 0.717) is 5.76 Å². The summed E-state index contributed by atoms with van der Waals surface area (Å²) in [6.45, 7) is 5.16. The van der Waals surface area contributed by atoms with Gasteiger partial charge in [-0.15, -0.1) is 0 Å². The van der Waals surface area contributed by atoms with Gasteiger partial charge in [0.1, 0.15) is 5.76 Å². The highest BCUT2D eigenvalue weighted by atomic mass is 16.5. The van der Waals surface area contributed by atoms with Gasteiger partial charge < -0.3 is 4.74 Å². The molecular formula is C7H11O2. The zero-order valence-corrected chi connectivity index (χ0v) is 5.81. The fourth-order valence-electron chi connectivity index (χ4n) is 0.455. The topological polar surface area (TPSA) is 26.3 Å². The van der Waals surface area contributed by atoms with Crippen LogP contribution in [0.25, 0.3) is 0 Å². The van der Waals surface area contributed by atoms with E-state index in [9.17, 15) is 4.79 Å². The molecule has 0 aromatic rings. The number of ether oxygens (including phenoxy) is 1. The molecule has 1 radical (unpaired) electrons. The lowest BCUT2D eigenvalue weighted by atomic mass is 10.3. The third kappa shape index (κ3) is 5.07. The zero-order chi connectivity index (χ0) is 7.11. The van der Waals surface area contributed by atoms with Crippen molar-refractivity contribution in [2.75, 3.05) is 0 Å². The SMILES string of the molecule is CCC/C=C(\C)O[C]=O. The van der Waals surface area contributed by atoms with Gasteiger partial charge in [0.2, 0.25) is 0 Å². The smallest absolute Gasteiger partial charge is 0.422 e. The van der Waals surface area contributed by atoms with E-state index < -0.39 is 0 Å². The number of unbranched alkanes of at least 4 members (excludes halogenated alkanes) is 1. The average Bonchev–Trinajstić information content (AvgIpc) is 1.85. The first-order valence-corrected chi connectivity index (χ1v) is 3.02. The van der Waals surface area contributed by atoms with Gasteiger partial charge in [0, 0.05) is 0 Å². The molecule has 0 atom stereocenters. The first-order chi connectivity index (χ1) is 4.31. The van der Waals surface area contributed by atoms with Crippen molar-refractivity contribution in [3.05, 3.63) is 11.8 Å². The van der Waals surface area contributed by atoms with E-state index in [-0.39, 0.29) is 0 Å². The monoisotopic (exact) mass is 127 g/mol. The third-order valence-electron chi connectivity index (χ3n) is 0.923. The number of rotatable bonds is 4. The van der Waals surface area contributed by atoms with Gasteiger partial charge in [-0.2, -0.15) is 0 Å². The molecule has 9 heavy (non-hydrogen) atoms.